The fourth-order valence-electron chi connectivity index (χ4n) is 2.29. The molecule has 0 bridgehead atoms. The Labute approximate surface area is 148 Å². The van der Waals surface area contributed by atoms with Gasteiger partial charge in [0.05, 0.1) is 5.69 Å². The second-order valence-electron chi connectivity index (χ2n) is 5.51. The summed E-state index contributed by atoms with van der Waals surface area (Å²) in [5.74, 6) is -3.14. The maximum absolute atomic E-state index is 13.9. The lowest BCUT2D eigenvalue weighted by Crippen LogP contribution is -2.37. The van der Waals surface area contributed by atoms with E-state index in [0.717, 1.165) is 17.0 Å². The van der Waals surface area contributed by atoms with Crippen LogP contribution >= 0.6 is 0 Å². The second kappa shape index (κ2) is 8.19. The molecule has 26 heavy (non-hydrogen) atoms. The summed E-state index contributed by atoms with van der Waals surface area (Å²) in [5.41, 5.74) is 0.689. The summed E-state index contributed by atoms with van der Waals surface area (Å²) in [5, 5.41) is 5.14. The molecule has 0 radical (unpaired) electrons. The van der Waals surface area contributed by atoms with Crippen LogP contribution in [0.5, 0.6) is 0 Å². The minimum atomic E-state index is -0.944. The van der Waals surface area contributed by atoms with Gasteiger partial charge in [0.2, 0.25) is 17.7 Å². The van der Waals surface area contributed by atoms with E-state index in [0.29, 0.717) is 17.4 Å². The summed E-state index contributed by atoms with van der Waals surface area (Å²) < 4.78 is 26.9. The molecule has 0 saturated heterocycles. The molecule has 6 nitrogen and oxygen atoms in total. The van der Waals surface area contributed by atoms with E-state index in [2.05, 4.69) is 10.6 Å². The van der Waals surface area contributed by atoms with Crippen molar-refractivity contribution in [3.05, 3.63) is 54.1 Å². The Morgan fingerprint density at radius 2 is 1.62 bits per heavy atom. The molecule has 2 aromatic rings. The Hall–Kier alpha value is -3.29. The van der Waals surface area contributed by atoms with Crippen LogP contribution in [-0.2, 0) is 14.4 Å². The number of benzene rings is 2. The number of hydrogen-bond acceptors (Lipinski definition) is 3. The van der Waals surface area contributed by atoms with Crippen LogP contribution in [0.3, 0.4) is 0 Å². The van der Waals surface area contributed by atoms with Gasteiger partial charge >= 0.3 is 0 Å². The van der Waals surface area contributed by atoms with Gasteiger partial charge in [0.15, 0.2) is 0 Å². The summed E-state index contributed by atoms with van der Waals surface area (Å²) in [4.78, 5) is 36.0. The Morgan fingerprint density at radius 3 is 2.19 bits per heavy atom. The van der Waals surface area contributed by atoms with Crippen molar-refractivity contribution in [3.63, 3.8) is 0 Å². The number of carbonyl (C=O) groups excluding carboxylic acids is 3. The molecule has 0 heterocycles. The third kappa shape index (κ3) is 5.10. The van der Waals surface area contributed by atoms with Gasteiger partial charge in [0.1, 0.15) is 18.2 Å². The van der Waals surface area contributed by atoms with Gasteiger partial charge in [-0.1, -0.05) is 6.07 Å². The molecule has 2 rings (SSSR count). The maximum Gasteiger partial charge on any atom is 0.244 e. The zero-order valence-electron chi connectivity index (χ0n) is 14.2. The number of rotatable bonds is 5. The van der Waals surface area contributed by atoms with Crippen molar-refractivity contribution in [2.24, 2.45) is 0 Å². The Balaban J connectivity index is 2.13. The van der Waals surface area contributed by atoms with Crippen molar-refractivity contribution < 1.29 is 23.2 Å². The molecular formula is C18H17F2N3O3. The van der Waals surface area contributed by atoms with Gasteiger partial charge in [-0.2, -0.15) is 0 Å². The van der Waals surface area contributed by atoms with E-state index < -0.39 is 30.0 Å². The highest BCUT2D eigenvalue weighted by molar-refractivity contribution is 6.02. The average Bonchev–Trinajstić information content (AvgIpc) is 2.52. The van der Waals surface area contributed by atoms with Crippen LogP contribution in [0, 0.1) is 11.6 Å². The zero-order chi connectivity index (χ0) is 19.3. The first-order valence-corrected chi connectivity index (χ1v) is 7.67. The number of halogens is 2. The molecule has 0 spiro atoms. The average molecular weight is 361 g/mol. The number of hydrogen-bond donors (Lipinski definition) is 2. The number of anilines is 3. The predicted molar refractivity (Wildman–Crippen MR) is 93.8 cm³/mol. The minimum absolute atomic E-state index is 0.193. The van der Waals surface area contributed by atoms with Crippen LogP contribution in [0.1, 0.15) is 13.8 Å². The van der Waals surface area contributed by atoms with Crippen molar-refractivity contribution >= 4 is 34.8 Å². The lowest BCUT2D eigenvalue weighted by molar-refractivity contribution is -0.120. The van der Waals surface area contributed by atoms with Crippen molar-refractivity contribution in [2.45, 2.75) is 13.8 Å². The number of amides is 3. The largest absolute Gasteiger partial charge is 0.326 e. The molecule has 0 fully saturated rings. The summed E-state index contributed by atoms with van der Waals surface area (Å²) in [7, 11) is 0. The highest BCUT2D eigenvalue weighted by Crippen LogP contribution is 2.21. The first kappa shape index (κ1) is 19.0. The van der Waals surface area contributed by atoms with E-state index in [4.69, 9.17) is 0 Å². The highest BCUT2D eigenvalue weighted by Gasteiger charge is 2.19. The molecule has 2 N–H and O–H groups in total. The molecule has 0 unspecified atom stereocenters. The van der Waals surface area contributed by atoms with Crippen LogP contribution in [0.2, 0.25) is 0 Å². The van der Waals surface area contributed by atoms with E-state index >= 15 is 0 Å². The Morgan fingerprint density at radius 1 is 0.962 bits per heavy atom. The molecule has 0 aliphatic heterocycles. The molecule has 136 valence electrons. The second-order valence-corrected chi connectivity index (χ2v) is 5.51. The summed E-state index contributed by atoms with van der Waals surface area (Å²) >= 11 is 0. The third-order valence-corrected chi connectivity index (χ3v) is 3.35. The van der Waals surface area contributed by atoms with Gasteiger partial charge in [-0.3, -0.25) is 14.4 Å². The molecule has 8 heteroatoms. The fraction of sp³-hybridized carbons (Fsp3) is 0.167. The molecule has 0 aromatic heterocycles. The number of carbonyl (C=O) groups is 3. The number of nitrogens with one attached hydrogen (secondary N) is 2. The van der Waals surface area contributed by atoms with Crippen LogP contribution in [-0.4, -0.2) is 24.3 Å². The molecule has 0 aliphatic carbocycles. The normalized spacial score (nSPS) is 10.2. The van der Waals surface area contributed by atoms with Crippen LogP contribution in [0.15, 0.2) is 42.5 Å². The monoisotopic (exact) mass is 361 g/mol. The zero-order valence-corrected chi connectivity index (χ0v) is 14.2. The van der Waals surface area contributed by atoms with Gasteiger partial charge in [0.25, 0.3) is 0 Å². The summed E-state index contributed by atoms with van der Waals surface area (Å²) in [6.07, 6.45) is 0. The quantitative estimate of drug-likeness (QED) is 0.860. The molecular weight excluding hydrogens is 344 g/mol. The maximum atomic E-state index is 13.9. The fourth-order valence-corrected chi connectivity index (χ4v) is 2.29. The Kier molecular flexibility index (Phi) is 6.00. The molecule has 0 aliphatic rings. The van der Waals surface area contributed by atoms with Crippen LogP contribution in [0.25, 0.3) is 0 Å². The standard InChI is InChI=1S/C18H17F2N3O3/c1-11(24)21-14-4-3-5-15(9-14)22-18(26)10-23(12(2)25)17-7-6-13(19)8-16(17)20/h3-9H,10H2,1-2H3,(H,21,24)(H,22,26). The van der Waals surface area contributed by atoms with Crippen LogP contribution in [0.4, 0.5) is 25.8 Å². The van der Waals surface area contributed by atoms with Gasteiger partial charge in [-0.25, -0.2) is 8.78 Å². The first-order valence-electron chi connectivity index (χ1n) is 7.67. The smallest absolute Gasteiger partial charge is 0.244 e. The lowest BCUT2D eigenvalue weighted by atomic mass is 10.2. The summed E-state index contributed by atoms with van der Waals surface area (Å²) in [6, 6.07) is 9.14. The van der Waals surface area contributed by atoms with Crippen LogP contribution < -0.4 is 15.5 Å². The molecule has 2 aromatic carbocycles. The minimum Gasteiger partial charge on any atom is -0.326 e. The number of nitrogens with zero attached hydrogens (tertiary/aromatic N) is 1. The first-order chi connectivity index (χ1) is 12.3. The van der Waals surface area contributed by atoms with Crippen molar-refractivity contribution in [1.29, 1.82) is 0 Å². The SMILES string of the molecule is CC(=O)Nc1cccc(NC(=O)CN(C(C)=O)c2ccc(F)cc2F)c1. The molecule has 0 atom stereocenters. The summed E-state index contributed by atoms with van der Waals surface area (Å²) in [6.45, 7) is 2.07. The van der Waals surface area contributed by atoms with Crippen molar-refractivity contribution in [1.82, 2.24) is 0 Å². The highest BCUT2D eigenvalue weighted by atomic mass is 19.1. The van der Waals surface area contributed by atoms with E-state index in [9.17, 15) is 23.2 Å². The van der Waals surface area contributed by atoms with E-state index in [1.54, 1.807) is 18.2 Å². The van der Waals surface area contributed by atoms with Gasteiger partial charge in [-0.15, -0.1) is 0 Å². The van der Waals surface area contributed by atoms with Gasteiger partial charge in [-0.05, 0) is 30.3 Å². The van der Waals surface area contributed by atoms with E-state index in [1.165, 1.54) is 19.9 Å². The molecule has 3 amide bonds. The Bertz CT molecular complexity index is 855. The molecule has 0 saturated carbocycles. The van der Waals surface area contributed by atoms with Crippen molar-refractivity contribution in [3.8, 4) is 0 Å². The van der Waals surface area contributed by atoms with E-state index in [-0.39, 0.29) is 11.6 Å². The van der Waals surface area contributed by atoms with Gasteiger partial charge < -0.3 is 15.5 Å². The van der Waals surface area contributed by atoms with Gasteiger partial charge in [0, 0.05) is 31.3 Å². The third-order valence-electron chi connectivity index (χ3n) is 3.35. The van der Waals surface area contributed by atoms with E-state index in [1.807, 2.05) is 0 Å². The van der Waals surface area contributed by atoms with Crippen molar-refractivity contribution in [2.75, 3.05) is 22.1 Å². The lowest BCUT2D eigenvalue weighted by Gasteiger charge is -2.21. The predicted octanol–water partition coefficient (Wildman–Crippen LogP) is 2.91. The topological polar surface area (TPSA) is 78.5 Å².